The summed E-state index contributed by atoms with van der Waals surface area (Å²) in [6, 6.07) is 6.44. The van der Waals surface area contributed by atoms with E-state index in [-0.39, 0.29) is 30.0 Å². The van der Waals surface area contributed by atoms with Crippen LogP contribution in [0, 0.1) is 17.7 Å². The van der Waals surface area contributed by atoms with Crippen molar-refractivity contribution < 1.29 is 9.13 Å². The van der Waals surface area contributed by atoms with Gasteiger partial charge in [0.05, 0.1) is 12.2 Å². The third kappa shape index (κ3) is 2.22. The standard InChI is InChI=1S/C14H20FNO/c1-8-9(2)17-10(3)13(8)14(16)11-6-4-5-7-12(11)15/h4-10,13-14H,16H2,1-3H3. The van der Waals surface area contributed by atoms with Crippen LogP contribution in [-0.4, -0.2) is 12.2 Å². The van der Waals surface area contributed by atoms with E-state index < -0.39 is 0 Å². The third-order valence-corrected chi connectivity index (χ3v) is 4.00. The van der Waals surface area contributed by atoms with Crippen molar-refractivity contribution in [3.8, 4) is 0 Å². The second kappa shape index (κ2) is 4.75. The molecule has 0 saturated carbocycles. The number of ether oxygens (including phenoxy) is 1. The van der Waals surface area contributed by atoms with E-state index in [2.05, 4.69) is 13.8 Å². The van der Waals surface area contributed by atoms with E-state index in [1.165, 1.54) is 6.07 Å². The highest BCUT2D eigenvalue weighted by Gasteiger charge is 2.41. The SMILES string of the molecule is CC1OC(C)C(C(N)c2ccccc2F)C1C. The third-order valence-electron chi connectivity index (χ3n) is 4.00. The lowest BCUT2D eigenvalue weighted by Gasteiger charge is -2.26. The minimum atomic E-state index is -0.300. The van der Waals surface area contributed by atoms with Crippen LogP contribution in [0.15, 0.2) is 24.3 Å². The van der Waals surface area contributed by atoms with E-state index in [0.29, 0.717) is 11.5 Å². The zero-order valence-corrected chi connectivity index (χ0v) is 10.6. The van der Waals surface area contributed by atoms with Crippen LogP contribution >= 0.6 is 0 Å². The number of halogens is 1. The molecule has 1 aromatic carbocycles. The van der Waals surface area contributed by atoms with Crippen molar-refractivity contribution in [2.24, 2.45) is 17.6 Å². The molecule has 0 aliphatic carbocycles. The van der Waals surface area contributed by atoms with E-state index in [1.54, 1.807) is 12.1 Å². The summed E-state index contributed by atoms with van der Waals surface area (Å²) in [7, 11) is 0. The Hall–Kier alpha value is -0.930. The Balaban J connectivity index is 2.26. The maximum atomic E-state index is 13.7. The van der Waals surface area contributed by atoms with Gasteiger partial charge in [0.2, 0.25) is 0 Å². The fourth-order valence-corrected chi connectivity index (χ4v) is 2.87. The largest absolute Gasteiger partial charge is 0.375 e. The molecule has 0 bridgehead atoms. The summed E-state index contributed by atoms with van der Waals surface area (Å²) in [4.78, 5) is 0. The van der Waals surface area contributed by atoms with Crippen molar-refractivity contribution in [3.05, 3.63) is 35.6 Å². The van der Waals surface area contributed by atoms with Crippen molar-refractivity contribution in [1.82, 2.24) is 0 Å². The molecule has 1 fully saturated rings. The lowest BCUT2D eigenvalue weighted by atomic mass is 9.81. The van der Waals surface area contributed by atoms with Gasteiger partial charge in [-0.15, -0.1) is 0 Å². The highest BCUT2D eigenvalue weighted by molar-refractivity contribution is 5.22. The smallest absolute Gasteiger partial charge is 0.127 e. The quantitative estimate of drug-likeness (QED) is 0.858. The highest BCUT2D eigenvalue weighted by atomic mass is 19.1. The van der Waals surface area contributed by atoms with E-state index in [0.717, 1.165) is 0 Å². The first-order valence-electron chi connectivity index (χ1n) is 6.18. The second-order valence-corrected chi connectivity index (χ2v) is 5.03. The predicted octanol–water partition coefficient (Wildman–Crippen LogP) is 2.89. The van der Waals surface area contributed by atoms with Crippen LogP contribution in [0.3, 0.4) is 0 Å². The Morgan fingerprint density at radius 1 is 1.18 bits per heavy atom. The predicted molar refractivity (Wildman–Crippen MR) is 66.0 cm³/mol. The lowest BCUT2D eigenvalue weighted by molar-refractivity contribution is 0.0488. The molecule has 94 valence electrons. The summed E-state index contributed by atoms with van der Waals surface area (Å²) >= 11 is 0. The van der Waals surface area contributed by atoms with Crippen molar-refractivity contribution in [1.29, 1.82) is 0 Å². The monoisotopic (exact) mass is 237 g/mol. The molecule has 1 saturated heterocycles. The summed E-state index contributed by atoms with van der Waals surface area (Å²) < 4.78 is 19.5. The van der Waals surface area contributed by atoms with E-state index in [9.17, 15) is 4.39 Å². The summed E-state index contributed by atoms with van der Waals surface area (Å²) in [5.41, 5.74) is 6.82. The van der Waals surface area contributed by atoms with E-state index >= 15 is 0 Å². The second-order valence-electron chi connectivity index (χ2n) is 5.03. The Labute approximate surface area is 102 Å². The first-order valence-corrected chi connectivity index (χ1v) is 6.18. The molecule has 3 heteroatoms. The van der Waals surface area contributed by atoms with Crippen LogP contribution in [0.2, 0.25) is 0 Å². The zero-order valence-electron chi connectivity index (χ0n) is 10.6. The molecule has 1 aromatic rings. The Morgan fingerprint density at radius 3 is 2.35 bits per heavy atom. The van der Waals surface area contributed by atoms with Crippen LogP contribution in [0.1, 0.15) is 32.4 Å². The molecule has 0 amide bonds. The molecule has 5 unspecified atom stereocenters. The van der Waals surface area contributed by atoms with Gasteiger partial charge in [0, 0.05) is 17.5 Å². The van der Waals surface area contributed by atoms with Gasteiger partial charge in [-0.25, -0.2) is 4.39 Å². The highest BCUT2D eigenvalue weighted by Crippen LogP contribution is 2.39. The first kappa shape index (κ1) is 12.5. The molecule has 5 atom stereocenters. The van der Waals surface area contributed by atoms with Gasteiger partial charge in [0.1, 0.15) is 5.82 Å². The number of hydrogen-bond acceptors (Lipinski definition) is 2. The van der Waals surface area contributed by atoms with Crippen LogP contribution in [0.5, 0.6) is 0 Å². The van der Waals surface area contributed by atoms with Crippen molar-refractivity contribution >= 4 is 0 Å². The molecule has 2 N–H and O–H groups in total. The van der Waals surface area contributed by atoms with Crippen LogP contribution in [-0.2, 0) is 4.74 Å². The molecular weight excluding hydrogens is 217 g/mol. The fraction of sp³-hybridized carbons (Fsp3) is 0.571. The fourth-order valence-electron chi connectivity index (χ4n) is 2.87. The maximum absolute atomic E-state index is 13.7. The van der Waals surface area contributed by atoms with Gasteiger partial charge in [-0.1, -0.05) is 25.1 Å². The molecule has 2 nitrogen and oxygen atoms in total. The van der Waals surface area contributed by atoms with Gasteiger partial charge in [-0.3, -0.25) is 0 Å². The molecular formula is C14H20FNO. The number of benzene rings is 1. The minimum Gasteiger partial charge on any atom is -0.375 e. The summed E-state index contributed by atoms with van der Waals surface area (Å²) in [6.07, 6.45) is 0.266. The zero-order chi connectivity index (χ0) is 12.6. The van der Waals surface area contributed by atoms with Crippen molar-refractivity contribution in [2.75, 3.05) is 0 Å². The molecule has 0 radical (unpaired) electrons. The van der Waals surface area contributed by atoms with E-state index in [1.807, 2.05) is 13.0 Å². The maximum Gasteiger partial charge on any atom is 0.127 e. The minimum absolute atomic E-state index is 0.0783. The summed E-state index contributed by atoms with van der Waals surface area (Å²) in [5.74, 6) is 0.292. The Bertz CT molecular complexity index is 396. The van der Waals surface area contributed by atoms with Crippen molar-refractivity contribution in [2.45, 2.75) is 39.0 Å². The van der Waals surface area contributed by atoms with Gasteiger partial charge < -0.3 is 10.5 Å². The van der Waals surface area contributed by atoms with Crippen LogP contribution in [0.4, 0.5) is 4.39 Å². The normalized spacial score (nSPS) is 34.9. The molecule has 1 aliphatic heterocycles. The molecule has 0 spiro atoms. The number of nitrogens with two attached hydrogens (primary N) is 1. The molecule has 0 aromatic heterocycles. The van der Waals surface area contributed by atoms with Gasteiger partial charge in [0.25, 0.3) is 0 Å². The van der Waals surface area contributed by atoms with Gasteiger partial charge in [-0.05, 0) is 25.8 Å². The molecule has 17 heavy (non-hydrogen) atoms. The number of hydrogen-bond donors (Lipinski definition) is 1. The molecule has 1 aliphatic rings. The van der Waals surface area contributed by atoms with Crippen LogP contribution in [0.25, 0.3) is 0 Å². The van der Waals surface area contributed by atoms with Gasteiger partial charge in [-0.2, -0.15) is 0 Å². The lowest BCUT2D eigenvalue weighted by Crippen LogP contribution is -2.31. The van der Waals surface area contributed by atoms with Gasteiger partial charge >= 0.3 is 0 Å². The average molecular weight is 237 g/mol. The van der Waals surface area contributed by atoms with E-state index in [4.69, 9.17) is 10.5 Å². The summed E-state index contributed by atoms with van der Waals surface area (Å²) in [5, 5.41) is 0. The Morgan fingerprint density at radius 2 is 1.82 bits per heavy atom. The first-order chi connectivity index (χ1) is 8.02. The van der Waals surface area contributed by atoms with Crippen LogP contribution < -0.4 is 5.73 Å². The molecule has 2 rings (SSSR count). The number of rotatable bonds is 2. The van der Waals surface area contributed by atoms with Crippen molar-refractivity contribution in [3.63, 3.8) is 0 Å². The Kier molecular flexibility index (Phi) is 3.50. The molecule has 1 heterocycles. The summed E-state index contributed by atoms with van der Waals surface area (Å²) in [6.45, 7) is 6.19. The van der Waals surface area contributed by atoms with Gasteiger partial charge in [0.15, 0.2) is 0 Å². The topological polar surface area (TPSA) is 35.2 Å². The average Bonchev–Trinajstić information content (AvgIpc) is 2.53.